The Bertz CT molecular complexity index is 334. The van der Waals surface area contributed by atoms with E-state index in [4.69, 9.17) is 15.2 Å². The summed E-state index contributed by atoms with van der Waals surface area (Å²) in [4.78, 5) is 0. The van der Waals surface area contributed by atoms with Crippen molar-refractivity contribution in [2.45, 2.75) is 6.04 Å². The van der Waals surface area contributed by atoms with Gasteiger partial charge in [-0.2, -0.15) is 0 Å². The summed E-state index contributed by atoms with van der Waals surface area (Å²) in [7, 11) is 1.55. The molecular formula is C11H15F2NO2. The highest BCUT2D eigenvalue weighted by Gasteiger charge is 2.14. The molecule has 1 atom stereocenters. The van der Waals surface area contributed by atoms with Gasteiger partial charge in [0, 0.05) is 12.7 Å². The zero-order valence-electron chi connectivity index (χ0n) is 9.08. The molecule has 1 rings (SSSR count). The Morgan fingerprint density at radius 1 is 1.31 bits per heavy atom. The van der Waals surface area contributed by atoms with Crippen molar-refractivity contribution in [2.24, 2.45) is 5.73 Å². The van der Waals surface area contributed by atoms with Crippen LogP contribution in [-0.4, -0.2) is 26.9 Å². The quantitative estimate of drug-likeness (QED) is 0.757. The molecule has 1 aromatic carbocycles. The average Bonchev–Trinajstić information content (AvgIpc) is 2.28. The predicted molar refractivity (Wildman–Crippen MR) is 56.0 cm³/mol. The largest absolute Gasteiger partial charge is 0.382 e. The van der Waals surface area contributed by atoms with Gasteiger partial charge in [0.2, 0.25) is 0 Å². The van der Waals surface area contributed by atoms with E-state index < -0.39 is 17.7 Å². The number of hydrogen-bond donors (Lipinski definition) is 1. The van der Waals surface area contributed by atoms with Crippen molar-refractivity contribution in [1.29, 1.82) is 0 Å². The normalized spacial score (nSPS) is 12.8. The van der Waals surface area contributed by atoms with Crippen molar-refractivity contribution in [3.8, 4) is 0 Å². The molecule has 0 aromatic heterocycles. The molecule has 1 unspecified atom stereocenters. The molecule has 3 nitrogen and oxygen atoms in total. The van der Waals surface area contributed by atoms with Crippen LogP contribution in [-0.2, 0) is 9.47 Å². The maximum absolute atomic E-state index is 13.3. The van der Waals surface area contributed by atoms with Crippen LogP contribution in [0.3, 0.4) is 0 Å². The molecule has 5 heteroatoms. The first-order chi connectivity index (χ1) is 7.66. The van der Waals surface area contributed by atoms with Crippen molar-refractivity contribution in [1.82, 2.24) is 0 Å². The maximum Gasteiger partial charge on any atom is 0.163 e. The van der Waals surface area contributed by atoms with Gasteiger partial charge in [-0.25, -0.2) is 8.78 Å². The monoisotopic (exact) mass is 231 g/mol. The molecule has 0 bridgehead atoms. The van der Waals surface area contributed by atoms with Gasteiger partial charge in [0.15, 0.2) is 11.6 Å². The maximum atomic E-state index is 13.3. The SMILES string of the molecule is COCCOCC(N)c1cccc(F)c1F. The topological polar surface area (TPSA) is 44.5 Å². The van der Waals surface area contributed by atoms with E-state index in [-0.39, 0.29) is 12.2 Å². The molecule has 16 heavy (non-hydrogen) atoms. The van der Waals surface area contributed by atoms with Gasteiger partial charge in [-0.1, -0.05) is 12.1 Å². The molecule has 0 fully saturated rings. The van der Waals surface area contributed by atoms with Crippen molar-refractivity contribution < 1.29 is 18.3 Å². The minimum Gasteiger partial charge on any atom is -0.382 e. The Balaban J connectivity index is 2.52. The van der Waals surface area contributed by atoms with Gasteiger partial charge in [-0.15, -0.1) is 0 Å². The lowest BCUT2D eigenvalue weighted by Gasteiger charge is -2.13. The Hall–Kier alpha value is -1.04. The Morgan fingerprint density at radius 2 is 2.06 bits per heavy atom. The number of hydrogen-bond acceptors (Lipinski definition) is 3. The third-order valence-corrected chi connectivity index (χ3v) is 2.11. The van der Waals surface area contributed by atoms with Crippen molar-refractivity contribution in [3.05, 3.63) is 35.4 Å². The van der Waals surface area contributed by atoms with Gasteiger partial charge in [0.05, 0.1) is 25.9 Å². The fraction of sp³-hybridized carbons (Fsp3) is 0.455. The number of benzene rings is 1. The van der Waals surface area contributed by atoms with Crippen LogP contribution in [0.25, 0.3) is 0 Å². The summed E-state index contributed by atoms with van der Waals surface area (Å²) in [6.07, 6.45) is 0. The summed E-state index contributed by atoms with van der Waals surface area (Å²) >= 11 is 0. The van der Waals surface area contributed by atoms with Crippen LogP contribution in [0.15, 0.2) is 18.2 Å². The standard InChI is InChI=1S/C11H15F2NO2/c1-15-5-6-16-7-10(14)8-3-2-4-9(12)11(8)13/h2-4,10H,5-7,14H2,1H3. The molecule has 0 amide bonds. The number of halogens is 2. The number of ether oxygens (including phenoxy) is 2. The molecule has 0 aliphatic heterocycles. The lowest BCUT2D eigenvalue weighted by molar-refractivity contribution is 0.0631. The van der Waals surface area contributed by atoms with E-state index in [9.17, 15) is 8.78 Å². The second-order valence-electron chi connectivity index (χ2n) is 3.32. The molecule has 2 N–H and O–H groups in total. The summed E-state index contributed by atoms with van der Waals surface area (Å²) < 4.78 is 36.1. The van der Waals surface area contributed by atoms with Gasteiger partial charge in [0.1, 0.15) is 0 Å². The zero-order chi connectivity index (χ0) is 12.0. The Kier molecular flexibility index (Phi) is 5.31. The average molecular weight is 231 g/mol. The summed E-state index contributed by atoms with van der Waals surface area (Å²) in [5, 5.41) is 0. The molecule has 0 saturated carbocycles. The summed E-state index contributed by atoms with van der Waals surface area (Å²) in [6, 6.07) is 3.25. The Labute approximate surface area is 93.2 Å². The van der Waals surface area contributed by atoms with Crippen LogP contribution in [0.2, 0.25) is 0 Å². The van der Waals surface area contributed by atoms with E-state index >= 15 is 0 Å². The molecule has 0 aliphatic carbocycles. The van der Waals surface area contributed by atoms with Crippen molar-refractivity contribution >= 4 is 0 Å². The van der Waals surface area contributed by atoms with E-state index in [0.29, 0.717) is 13.2 Å². The first kappa shape index (κ1) is 13.0. The first-order valence-electron chi connectivity index (χ1n) is 4.93. The molecule has 0 spiro atoms. The second kappa shape index (κ2) is 6.52. The predicted octanol–water partition coefficient (Wildman–Crippen LogP) is 1.63. The summed E-state index contributed by atoms with van der Waals surface area (Å²) in [6.45, 7) is 0.948. The fourth-order valence-electron chi connectivity index (χ4n) is 1.25. The molecule has 0 radical (unpaired) electrons. The Morgan fingerprint density at radius 3 is 2.75 bits per heavy atom. The molecular weight excluding hydrogens is 216 g/mol. The van der Waals surface area contributed by atoms with E-state index in [1.807, 2.05) is 0 Å². The first-order valence-corrected chi connectivity index (χ1v) is 4.93. The van der Waals surface area contributed by atoms with Crippen LogP contribution >= 0.6 is 0 Å². The third kappa shape index (κ3) is 3.52. The van der Waals surface area contributed by atoms with Gasteiger partial charge >= 0.3 is 0 Å². The van der Waals surface area contributed by atoms with E-state index in [2.05, 4.69) is 0 Å². The number of rotatable bonds is 6. The highest BCUT2D eigenvalue weighted by molar-refractivity contribution is 5.22. The molecule has 90 valence electrons. The fourth-order valence-corrected chi connectivity index (χ4v) is 1.25. The van der Waals surface area contributed by atoms with Gasteiger partial charge in [0.25, 0.3) is 0 Å². The zero-order valence-corrected chi connectivity index (χ0v) is 9.08. The van der Waals surface area contributed by atoms with Crippen LogP contribution in [0.4, 0.5) is 8.78 Å². The lowest BCUT2D eigenvalue weighted by Crippen LogP contribution is -2.20. The second-order valence-corrected chi connectivity index (χ2v) is 3.32. The highest BCUT2D eigenvalue weighted by Crippen LogP contribution is 2.17. The highest BCUT2D eigenvalue weighted by atomic mass is 19.2. The molecule has 0 heterocycles. The van der Waals surface area contributed by atoms with Crippen LogP contribution < -0.4 is 5.73 Å². The van der Waals surface area contributed by atoms with Gasteiger partial charge in [-0.3, -0.25) is 0 Å². The summed E-state index contributed by atoms with van der Waals surface area (Å²) in [5.41, 5.74) is 5.80. The molecule has 0 aliphatic rings. The number of methoxy groups -OCH3 is 1. The van der Waals surface area contributed by atoms with Gasteiger partial charge < -0.3 is 15.2 Å². The van der Waals surface area contributed by atoms with Crippen LogP contribution in [0, 0.1) is 11.6 Å². The number of nitrogens with two attached hydrogens (primary N) is 1. The minimum atomic E-state index is -0.912. The van der Waals surface area contributed by atoms with E-state index in [1.54, 1.807) is 7.11 Å². The summed E-state index contributed by atoms with van der Waals surface area (Å²) in [5.74, 6) is -1.81. The lowest BCUT2D eigenvalue weighted by atomic mass is 10.1. The minimum absolute atomic E-state index is 0.123. The molecule has 0 saturated heterocycles. The third-order valence-electron chi connectivity index (χ3n) is 2.11. The van der Waals surface area contributed by atoms with Gasteiger partial charge in [-0.05, 0) is 6.07 Å². The van der Waals surface area contributed by atoms with E-state index in [0.717, 1.165) is 6.07 Å². The van der Waals surface area contributed by atoms with E-state index in [1.165, 1.54) is 12.1 Å². The smallest absolute Gasteiger partial charge is 0.163 e. The van der Waals surface area contributed by atoms with Crippen LogP contribution in [0.1, 0.15) is 11.6 Å². The van der Waals surface area contributed by atoms with Crippen molar-refractivity contribution in [2.75, 3.05) is 26.9 Å². The van der Waals surface area contributed by atoms with Crippen molar-refractivity contribution in [3.63, 3.8) is 0 Å². The molecule has 1 aromatic rings. The van der Waals surface area contributed by atoms with Crippen LogP contribution in [0.5, 0.6) is 0 Å².